The number of aromatic nitrogens is 2. The minimum atomic E-state index is -0.0892. The van der Waals surface area contributed by atoms with Gasteiger partial charge in [-0.05, 0) is 18.6 Å². The zero-order valence-electron chi connectivity index (χ0n) is 14.0. The molecule has 1 aromatic heterocycles. The van der Waals surface area contributed by atoms with Crippen molar-refractivity contribution in [2.75, 3.05) is 13.6 Å². The number of nitrogens with zero attached hydrogens (tertiary/aromatic N) is 3. The second-order valence-corrected chi connectivity index (χ2v) is 6.37. The molecule has 0 radical (unpaired) electrons. The second-order valence-electron chi connectivity index (χ2n) is 5.42. The first-order valence-electron chi connectivity index (χ1n) is 8.03. The summed E-state index contributed by atoms with van der Waals surface area (Å²) in [7, 11) is 3.54. The van der Waals surface area contributed by atoms with Crippen LogP contribution < -0.4 is 10.1 Å². The molecule has 5 nitrogen and oxygen atoms in total. The van der Waals surface area contributed by atoms with Crippen LogP contribution in [0, 0.1) is 0 Å². The van der Waals surface area contributed by atoms with Crippen LogP contribution in [0.2, 0.25) is 0 Å². The van der Waals surface area contributed by atoms with Gasteiger partial charge in [-0.25, -0.2) is 4.68 Å². The highest BCUT2D eigenvalue weighted by Crippen LogP contribution is 2.20. The van der Waals surface area contributed by atoms with E-state index in [1.165, 1.54) is 19.3 Å². The standard InChI is InChI=1S/C17H24N4OS/c1-4-5-6-7-11-19-17-21(3)20-16(23-17)14-10-8-9-13(12-14)15(22)18-2/h8-10,12H,4-7,11H2,1-3H3,(H,18,22). The van der Waals surface area contributed by atoms with E-state index in [1.54, 1.807) is 24.5 Å². The Morgan fingerprint density at radius 3 is 2.91 bits per heavy atom. The highest BCUT2D eigenvalue weighted by molar-refractivity contribution is 7.12. The van der Waals surface area contributed by atoms with E-state index in [0.717, 1.165) is 28.3 Å². The Kier molecular flexibility index (Phi) is 6.52. The van der Waals surface area contributed by atoms with E-state index in [1.807, 2.05) is 29.9 Å². The first-order valence-corrected chi connectivity index (χ1v) is 8.84. The van der Waals surface area contributed by atoms with Crippen LogP contribution in [0.5, 0.6) is 0 Å². The molecule has 124 valence electrons. The fraction of sp³-hybridized carbons (Fsp3) is 0.471. The Morgan fingerprint density at radius 1 is 1.35 bits per heavy atom. The number of hydrogen-bond acceptors (Lipinski definition) is 4. The minimum Gasteiger partial charge on any atom is -0.355 e. The Hall–Kier alpha value is -1.95. The lowest BCUT2D eigenvalue weighted by molar-refractivity contribution is 0.0963. The van der Waals surface area contributed by atoms with Crippen molar-refractivity contribution in [1.29, 1.82) is 0 Å². The number of unbranched alkanes of at least 4 members (excludes halogenated alkanes) is 3. The average molecular weight is 332 g/mol. The highest BCUT2D eigenvalue weighted by Gasteiger charge is 2.08. The summed E-state index contributed by atoms with van der Waals surface area (Å²) in [5.74, 6) is -0.0892. The molecule has 23 heavy (non-hydrogen) atoms. The number of carbonyl (C=O) groups is 1. The predicted octanol–water partition coefficient (Wildman–Crippen LogP) is 2.99. The molecule has 2 aromatic rings. The molecule has 0 aliphatic carbocycles. The molecule has 0 saturated heterocycles. The fourth-order valence-corrected chi connectivity index (χ4v) is 3.16. The maximum Gasteiger partial charge on any atom is 0.251 e. The Balaban J connectivity index is 2.17. The van der Waals surface area contributed by atoms with Gasteiger partial charge in [-0.15, -0.1) is 0 Å². The highest BCUT2D eigenvalue weighted by atomic mass is 32.1. The lowest BCUT2D eigenvalue weighted by atomic mass is 10.1. The number of nitrogens with one attached hydrogen (secondary N) is 1. The van der Waals surface area contributed by atoms with Crippen LogP contribution in [0.25, 0.3) is 10.6 Å². The number of carbonyl (C=O) groups excluding carboxylic acids is 1. The summed E-state index contributed by atoms with van der Waals surface area (Å²) < 4.78 is 1.81. The van der Waals surface area contributed by atoms with Gasteiger partial charge in [0.2, 0.25) is 4.80 Å². The summed E-state index contributed by atoms with van der Waals surface area (Å²) in [6.07, 6.45) is 4.85. The summed E-state index contributed by atoms with van der Waals surface area (Å²) >= 11 is 1.56. The molecule has 1 heterocycles. The van der Waals surface area contributed by atoms with Gasteiger partial charge in [-0.3, -0.25) is 9.79 Å². The molecule has 0 atom stereocenters. The van der Waals surface area contributed by atoms with Crippen molar-refractivity contribution in [3.63, 3.8) is 0 Å². The van der Waals surface area contributed by atoms with Gasteiger partial charge < -0.3 is 5.32 Å². The third-order valence-electron chi connectivity index (χ3n) is 3.56. The van der Waals surface area contributed by atoms with E-state index >= 15 is 0 Å². The van der Waals surface area contributed by atoms with E-state index in [0.29, 0.717) is 5.56 Å². The van der Waals surface area contributed by atoms with Crippen molar-refractivity contribution < 1.29 is 4.79 Å². The molecule has 0 bridgehead atoms. The van der Waals surface area contributed by atoms with Gasteiger partial charge >= 0.3 is 0 Å². The number of rotatable bonds is 7. The SMILES string of the molecule is CCCCCCN=c1sc(-c2cccc(C(=O)NC)c2)nn1C. The van der Waals surface area contributed by atoms with Crippen LogP contribution in [0.3, 0.4) is 0 Å². The quantitative estimate of drug-likeness (QED) is 0.792. The maximum atomic E-state index is 11.7. The third-order valence-corrected chi connectivity index (χ3v) is 4.65. The van der Waals surface area contributed by atoms with Crippen LogP contribution >= 0.6 is 11.3 Å². The molecule has 0 fully saturated rings. The Morgan fingerprint density at radius 2 is 2.17 bits per heavy atom. The number of amides is 1. The molecule has 1 amide bonds. The Bertz CT molecular complexity index is 717. The van der Waals surface area contributed by atoms with E-state index in [-0.39, 0.29) is 5.91 Å². The number of aryl methyl sites for hydroxylation is 1. The van der Waals surface area contributed by atoms with Crippen molar-refractivity contribution in [2.45, 2.75) is 32.6 Å². The first kappa shape index (κ1) is 17.4. The van der Waals surface area contributed by atoms with Gasteiger partial charge in [0, 0.05) is 31.8 Å². The average Bonchev–Trinajstić information content (AvgIpc) is 2.95. The normalized spacial score (nSPS) is 11.7. The van der Waals surface area contributed by atoms with Gasteiger partial charge in [0.1, 0.15) is 5.01 Å². The number of benzene rings is 1. The van der Waals surface area contributed by atoms with Crippen molar-refractivity contribution >= 4 is 17.2 Å². The van der Waals surface area contributed by atoms with Crippen molar-refractivity contribution in [1.82, 2.24) is 15.1 Å². The van der Waals surface area contributed by atoms with E-state index in [4.69, 9.17) is 0 Å². The molecule has 0 unspecified atom stereocenters. The van der Waals surface area contributed by atoms with E-state index in [9.17, 15) is 4.79 Å². The Labute approximate surface area is 141 Å². The summed E-state index contributed by atoms with van der Waals surface area (Å²) in [5.41, 5.74) is 1.58. The predicted molar refractivity (Wildman–Crippen MR) is 94.5 cm³/mol. The zero-order valence-corrected chi connectivity index (χ0v) is 14.8. The fourth-order valence-electron chi connectivity index (χ4n) is 2.25. The molecule has 0 saturated carbocycles. The molecule has 0 aliphatic heterocycles. The van der Waals surface area contributed by atoms with Crippen LogP contribution in [0.15, 0.2) is 29.3 Å². The van der Waals surface area contributed by atoms with Crippen molar-refractivity contribution in [3.8, 4) is 10.6 Å². The number of hydrogen-bond donors (Lipinski definition) is 1. The van der Waals surface area contributed by atoms with E-state index in [2.05, 4.69) is 22.3 Å². The monoisotopic (exact) mass is 332 g/mol. The lowest BCUT2D eigenvalue weighted by Crippen LogP contribution is -2.17. The summed E-state index contributed by atoms with van der Waals surface area (Å²) in [6.45, 7) is 3.05. The third kappa shape index (κ3) is 4.76. The second kappa shape index (κ2) is 8.62. The molecular formula is C17H24N4OS. The van der Waals surface area contributed by atoms with E-state index < -0.39 is 0 Å². The molecule has 2 rings (SSSR count). The van der Waals surface area contributed by atoms with Crippen LogP contribution in [0.1, 0.15) is 43.0 Å². The molecule has 1 N–H and O–H groups in total. The molecule has 0 spiro atoms. The summed E-state index contributed by atoms with van der Waals surface area (Å²) in [5, 5.41) is 8.05. The summed E-state index contributed by atoms with van der Waals surface area (Å²) in [4.78, 5) is 17.3. The topological polar surface area (TPSA) is 59.3 Å². The molecule has 0 aliphatic rings. The van der Waals surface area contributed by atoms with Crippen molar-refractivity contribution in [2.24, 2.45) is 12.0 Å². The van der Waals surface area contributed by atoms with Crippen LogP contribution in [-0.2, 0) is 7.05 Å². The minimum absolute atomic E-state index is 0.0892. The van der Waals surface area contributed by atoms with Crippen molar-refractivity contribution in [3.05, 3.63) is 34.6 Å². The molecule has 1 aromatic carbocycles. The van der Waals surface area contributed by atoms with Gasteiger partial charge in [-0.1, -0.05) is 49.7 Å². The lowest BCUT2D eigenvalue weighted by Gasteiger charge is -2.01. The van der Waals surface area contributed by atoms with Gasteiger partial charge in [-0.2, -0.15) is 5.10 Å². The maximum absolute atomic E-state index is 11.7. The largest absolute Gasteiger partial charge is 0.355 e. The van der Waals surface area contributed by atoms with Gasteiger partial charge in [0.25, 0.3) is 5.91 Å². The summed E-state index contributed by atoms with van der Waals surface area (Å²) in [6, 6.07) is 7.51. The molecular weight excluding hydrogens is 308 g/mol. The molecule has 6 heteroatoms. The smallest absolute Gasteiger partial charge is 0.251 e. The van der Waals surface area contributed by atoms with Crippen LogP contribution in [0.4, 0.5) is 0 Å². The van der Waals surface area contributed by atoms with Gasteiger partial charge in [0.05, 0.1) is 0 Å². The van der Waals surface area contributed by atoms with Crippen LogP contribution in [-0.4, -0.2) is 29.3 Å². The zero-order chi connectivity index (χ0) is 16.7. The first-order chi connectivity index (χ1) is 11.2. The van der Waals surface area contributed by atoms with Gasteiger partial charge in [0.15, 0.2) is 0 Å².